The van der Waals surface area contributed by atoms with Crippen LogP contribution in [0.1, 0.15) is 39.0 Å². The Labute approximate surface area is 70.0 Å². The number of hydrogen-bond donors (Lipinski definition) is 0. The van der Waals surface area contributed by atoms with Crippen molar-refractivity contribution in [1.29, 1.82) is 5.26 Å². The fourth-order valence-corrected chi connectivity index (χ4v) is 1.75. The van der Waals surface area contributed by atoms with Gasteiger partial charge in [0.25, 0.3) is 0 Å². The van der Waals surface area contributed by atoms with Crippen LogP contribution in [-0.4, -0.2) is 15.0 Å². The average molecular weight is 204 g/mol. The van der Waals surface area contributed by atoms with Crippen LogP contribution < -0.4 is 0 Å². The Balaban J connectivity index is 2.72. The van der Waals surface area contributed by atoms with E-state index in [1.807, 2.05) is 0 Å². The first kappa shape index (κ1) is 10.0. The first-order chi connectivity index (χ1) is 4.91. The predicted molar refractivity (Wildman–Crippen MR) is 44.9 cm³/mol. The molecule has 0 aromatic rings. The van der Waals surface area contributed by atoms with Crippen LogP contribution in [0.25, 0.3) is 0 Å². The van der Waals surface area contributed by atoms with Crippen LogP contribution in [0.2, 0.25) is 5.32 Å². The number of unbranched alkanes of at least 4 members (excludes halogenated alkanes) is 4. The van der Waals surface area contributed by atoms with Crippen molar-refractivity contribution in [1.82, 2.24) is 0 Å². The summed E-state index contributed by atoms with van der Waals surface area (Å²) < 4.78 is 0. The summed E-state index contributed by atoms with van der Waals surface area (Å²) in [5.74, 6) is 0. The Hall–Kier alpha value is 0.00948. The number of nitrogens with zero attached hydrogens (tertiary/aromatic N) is 1. The summed E-state index contributed by atoms with van der Waals surface area (Å²) in [7, 11) is 0. The van der Waals surface area contributed by atoms with Gasteiger partial charge in [0.15, 0.2) is 0 Å². The summed E-state index contributed by atoms with van der Waals surface area (Å²) in [5.41, 5.74) is 0. The number of rotatable bonds is 6. The maximum atomic E-state index is 8.25. The van der Waals surface area contributed by atoms with E-state index in [1.54, 1.807) is 0 Å². The molecule has 0 aliphatic carbocycles. The minimum atomic E-state index is 0.270. The van der Waals surface area contributed by atoms with E-state index in [-0.39, 0.29) is 15.0 Å². The predicted octanol–water partition coefficient (Wildman–Crippen LogP) is 2.56. The molecule has 1 nitrogen and oxygen atoms in total. The van der Waals surface area contributed by atoms with Gasteiger partial charge in [0.05, 0.1) is 0 Å². The average Bonchev–Trinajstić information content (AvgIpc) is 1.97. The number of hydrogen-bond acceptors (Lipinski definition) is 1. The molecule has 0 aromatic heterocycles. The molecule has 10 heavy (non-hydrogen) atoms. The van der Waals surface area contributed by atoms with Crippen molar-refractivity contribution in [3.8, 4) is 4.97 Å². The van der Waals surface area contributed by atoms with Gasteiger partial charge >= 0.3 is 69.5 Å². The molecule has 2 heteroatoms. The van der Waals surface area contributed by atoms with Crippen LogP contribution in [0, 0.1) is 10.2 Å². The normalized spacial score (nSPS) is 9.20. The third kappa shape index (κ3) is 8.01. The maximum absolute atomic E-state index is 8.25. The van der Waals surface area contributed by atoms with E-state index in [9.17, 15) is 0 Å². The third-order valence-corrected chi connectivity index (χ3v) is 2.72. The van der Waals surface area contributed by atoms with E-state index in [0.717, 1.165) is 5.32 Å². The molecule has 0 aromatic carbocycles. The molecule has 0 saturated carbocycles. The zero-order chi connectivity index (χ0) is 7.66. The first-order valence-corrected chi connectivity index (χ1v) is 5.99. The molecule has 0 rings (SSSR count). The monoisotopic (exact) mass is 205 g/mol. The molecule has 0 atom stereocenters. The Bertz CT molecular complexity index is 95.9. The van der Waals surface area contributed by atoms with Crippen LogP contribution in [-0.2, 0) is 0 Å². The molecule has 0 aliphatic heterocycles. The second kappa shape index (κ2) is 9.01. The Morgan fingerprint density at radius 2 is 1.90 bits per heavy atom. The van der Waals surface area contributed by atoms with Gasteiger partial charge in [0.2, 0.25) is 0 Å². The molecule has 58 valence electrons. The van der Waals surface area contributed by atoms with E-state index in [2.05, 4.69) is 11.9 Å². The molecule has 0 spiro atoms. The molecule has 0 aliphatic rings. The zero-order valence-corrected chi connectivity index (χ0v) is 8.31. The van der Waals surface area contributed by atoms with Crippen LogP contribution in [0.15, 0.2) is 0 Å². The van der Waals surface area contributed by atoms with Crippen molar-refractivity contribution in [2.45, 2.75) is 44.3 Å². The van der Waals surface area contributed by atoms with E-state index in [0.29, 0.717) is 0 Å². The Kier molecular flexibility index (Phi) is 9.02. The van der Waals surface area contributed by atoms with E-state index >= 15 is 0 Å². The second-order valence-corrected chi connectivity index (χ2v) is 4.20. The van der Waals surface area contributed by atoms with Gasteiger partial charge in [0.1, 0.15) is 0 Å². The summed E-state index contributed by atoms with van der Waals surface area (Å²) in [6.45, 7) is 2.22. The van der Waals surface area contributed by atoms with Gasteiger partial charge in [-0.3, -0.25) is 0 Å². The zero-order valence-electron chi connectivity index (χ0n) is 6.60. The van der Waals surface area contributed by atoms with Crippen LogP contribution in [0.4, 0.5) is 0 Å². The van der Waals surface area contributed by atoms with E-state index < -0.39 is 0 Å². The molecule has 0 saturated heterocycles. The van der Waals surface area contributed by atoms with Crippen molar-refractivity contribution < 1.29 is 0 Å². The summed E-state index contributed by atoms with van der Waals surface area (Å²) >= 11 is 0.270. The van der Waals surface area contributed by atoms with Crippen molar-refractivity contribution in [3.63, 3.8) is 0 Å². The van der Waals surface area contributed by atoms with Gasteiger partial charge in [-0.2, -0.15) is 0 Å². The van der Waals surface area contributed by atoms with Crippen LogP contribution >= 0.6 is 0 Å². The molecular weight excluding hydrogens is 189 g/mol. The standard InChI is InChI=1S/C8H15NSe/c1-2-3-4-5-6-7-10-8-9/h2-7H2,1H3. The van der Waals surface area contributed by atoms with Crippen molar-refractivity contribution in [2.75, 3.05) is 0 Å². The Morgan fingerprint density at radius 3 is 2.50 bits per heavy atom. The second-order valence-electron chi connectivity index (χ2n) is 2.35. The SMILES string of the molecule is CCCCCCC[Se]C#N. The molecule has 0 bridgehead atoms. The molecule has 0 fully saturated rings. The summed E-state index contributed by atoms with van der Waals surface area (Å²) in [5, 5.41) is 9.41. The molecule has 0 amide bonds. The van der Waals surface area contributed by atoms with E-state index in [1.165, 1.54) is 32.1 Å². The van der Waals surface area contributed by atoms with Gasteiger partial charge in [-0.25, -0.2) is 0 Å². The van der Waals surface area contributed by atoms with Crippen molar-refractivity contribution >= 4 is 15.0 Å². The fourth-order valence-electron chi connectivity index (χ4n) is 0.823. The molecular formula is C8H15NSe. The van der Waals surface area contributed by atoms with Crippen LogP contribution in [0.3, 0.4) is 0 Å². The van der Waals surface area contributed by atoms with Gasteiger partial charge in [-0.05, 0) is 0 Å². The minimum absolute atomic E-state index is 0.270. The van der Waals surface area contributed by atoms with Gasteiger partial charge < -0.3 is 0 Å². The molecule has 0 heterocycles. The molecule has 0 N–H and O–H groups in total. The van der Waals surface area contributed by atoms with Crippen molar-refractivity contribution in [2.24, 2.45) is 0 Å². The van der Waals surface area contributed by atoms with Gasteiger partial charge in [-0.1, -0.05) is 0 Å². The molecule has 0 radical (unpaired) electrons. The summed E-state index contributed by atoms with van der Waals surface area (Å²) in [6, 6.07) is 0. The van der Waals surface area contributed by atoms with Crippen LogP contribution in [0.5, 0.6) is 0 Å². The molecule has 0 unspecified atom stereocenters. The summed E-state index contributed by atoms with van der Waals surface area (Å²) in [4.78, 5) is 2.22. The van der Waals surface area contributed by atoms with Gasteiger partial charge in [0, 0.05) is 0 Å². The third-order valence-electron chi connectivity index (χ3n) is 1.41. The fraction of sp³-hybridized carbons (Fsp3) is 0.875. The summed E-state index contributed by atoms with van der Waals surface area (Å²) in [6.07, 6.45) is 6.63. The Morgan fingerprint density at radius 1 is 1.20 bits per heavy atom. The van der Waals surface area contributed by atoms with Crippen molar-refractivity contribution in [3.05, 3.63) is 0 Å². The first-order valence-electron chi connectivity index (χ1n) is 3.92. The number of nitriles is 1. The topological polar surface area (TPSA) is 23.8 Å². The van der Waals surface area contributed by atoms with E-state index in [4.69, 9.17) is 5.26 Å². The quantitative estimate of drug-likeness (QED) is 0.481. The van der Waals surface area contributed by atoms with Gasteiger partial charge in [-0.15, -0.1) is 0 Å².